The highest BCUT2D eigenvalue weighted by molar-refractivity contribution is 7.89. The van der Waals surface area contributed by atoms with Crippen LogP contribution in [0, 0.1) is 11.6 Å². The standard InChI is InChI=1S/C13H9F5N2O2S/c14-7-1-3-11(10(15)5-7)20-8-2-4-12(23(19,21)22)9(6-8)13(16,17)18/h1-6,20H,(H2,19,21,22). The first-order valence-electron chi connectivity index (χ1n) is 5.94. The summed E-state index contributed by atoms with van der Waals surface area (Å²) in [5.41, 5.74) is -2.01. The molecule has 0 fully saturated rings. The van der Waals surface area contributed by atoms with Crippen LogP contribution < -0.4 is 10.5 Å². The minimum atomic E-state index is -4.99. The van der Waals surface area contributed by atoms with Gasteiger partial charge in [0.05, 0.1) is 16.1 Å². The van der Waals surface area contributed by atoms with Gasteiger partial charge in [0.2, 0.25) is 10.0 Å². The van der Waals surface area contributed by atoms with Gasteiger partial charge in [0.15, 0.2) is 0 Å². The molecule has 0 amide bonds. The van der Waals surface area contributed by atoms with E-state index in [9.17, 15) is 30.4 Å². The monoisotopic (exact) mass is 352 g/mol. The van der Waals surface area contributed by atoms with Crippen LogP contribution in [-0.2, 0) is 16.2 Å². The number of hydrogen-bond acceptors (Lipinski definition) is 3. The Labute approximate surface area is 127 Å². The van der Waals surface area contributed by atoms with Gasteiger partial charge in [-0.2, -0.15) is 13.2 Å². The molecule has 0 bridgehead atoms. The number of sulfonamides is 1. The van der Waals surface area contributed by atoms with E-state index in [-0.39, 0.29) is 11.4 Å². The largest absolute Gasteiger partial charge is 0.417 e. The average molecular weight is 352 g/mol. The number of anilines is 2. The quantitative estimate of drug-likeness (QED) is 0.832. The van der Waals surface area contributed by atoms with Crippen LogP contribution in [0.15, 0.2) is 41.3 Å². The number of nitrogens with one attached hydrogen (secondary N) is 1. The Balaban J connectivity index is 2.50. The third kappa shape index (κ3) is 3.96. The molecular formula is C13H9F5N2O2S. The van der Waals surface area contributed by atoms with Crippen molar-refractivity contribution in [2.24, 2.45) is 5.14 Å². The van der Waals surface area contributed by atoms with Crippen molar-refractivity contribution >= 4 is 21.4 Å². The first kappa shape index (κ1) is 17.2. The maximum atomic E-state index is 13.5. The van der Waals surface area contributed by atoms with Crippen molar-refractivity contribution in [3.05, 3.63) is 53.6 Å². The van der Waals surface area contributed by atoms with Crippen LogP contribution in [0.25, 0.3) is 0 Å². The first-order chi connectivity index (χ1) is 10.5. The molecular weight excluding hydrogens is 343 g/mol. The van der Waals surface area contributed by atoms with E-state index in [1.165, 1.54) is 0 Å². The molecule has 2 aromatic rings. The van der Waals surface area contributed by atoms with Crippen molar-refractivity contribution in [3.8, 4) is 0 Å². The number of primary sulfonamides is 1. The van der Waals surface area contributed by atoms with Crippen LogP contribution in [0.2, 0.25) is 0 Å². The number of hydrogen-bond donors (Lipinski definition) is 2. The molecule has 10 heteroatoms. The van der Waals surface area contributed by atoms with E-state index in [1.807, 2.05) is 0 Å². The molecule has 0 saturated heterocycles. The van der Waals surface area contributed by atoms with Crippen molar-refractivity contribution in [1.82, 2.24) is 0 Å². The molecule has 0 atom stereocenters. The van der Waals surface area contributed by atoms with Crippen LogP contribution in [0.1, 0.15) is 5.56 Å². The summed E-state index contributed by atoms with van der Waals surface area (Å²) in [5, 5.41) is 7.06. The Morgan fingerprint density at radius 2 is 1.65 bits per heavy atom. The maximum Gasteiger partial charge on any atom is 0.417 e. The lowest BCUT2D eigenvalue weighted by Gasteiger charge is -2.14. The summed E-state index contributed by atoms with van der Waals surface area (Å²) in [5.74, 6) is -1.87. The highest BCUT2D eigenvalue weighted by atomic mass is 32.2. The topological polar surface area (TPSA) is 72.2 Å². The second kappa shape index (κ2) is 5.78. The van der Waals surface area contributed by atoms with E-state index in [0.717, 1.165) is 18.2 Å². The van der Waals surface area contributed by atoms with E-state index >= 15 is 0 Å². The Kier molecular flexibility index (Phi) is 4.31. The second-order valence-electron chi connectivity index (χ2n) is 4.50. The van der Waals surface area contributed by atoms with Gasteiger partial charge in [-0.25, -0.2) is 22.3 Å². The summed E-state index contributed by atoms with van der Waals surface area (Å²) in [6.07, 6.45) is -4.99. The van der Waals surface area contributed by atoms with Crippen molar-refractivity contribution in [3.63, 3.8) is 0 Å². The maximum absolute atomic E-state index is 13.5. The Morgan fingerprint density at radius 1 is 1.00 bits per heavy atom. The summed E-state index contributed by atoms with van der Waals surface area (Å²) < 4.78 is 87.6. The Hall–Kier alpha value is -2.20. The molecule has 0 spiro atoms. The fraction of sp³-hybridized carbons (Fsp3) is 0.0769. The third-order valence-electron chi connectivity index (χ3n) is 2.80. The van der Waals surface area contributed by atoms with Crippen molar-refractivity contribution in [2.75, 3.05) is 5.32 Å². The van der Waals surface area contributed by atoms with Gasteiger partial charge in [-0.3, -0.25) is 0 Å². The fourth-order valence-electron chi connectivity index (χ4n) is 1.82. The predicted molar refractivity (Wildman–Crippen MR) is 72.5 cm³/mol. The Morgan fingerprint density at radius 3 is 2.17 bits per heavy atom. The zero-order valence-electron chi connectivity index (χ0n) is 11.2. The molecule has 2 rings (SSSR count). The normalized spacial score (nSPS) is 12.3. The van der Waals surface area contributed by atoms with Gasteiger partial charge in [-0.1, -0.05) is 0 Å². The van der Waals surface area contributed by atoms with Gasteiger partial charge in [0.1, 0.15) is 11.6 Å². The van der Waals surface area contributed by atoms with Crippen LogP contribution in [0.3, 0.4) is 0 Å². The molecule has 0 radical (unpaired) electrons. The smallest absolute Gasteiger partial charge is 0.353 e. The van der Waals surface area contributed by atoms with E-state index in [4.69, 9.17) is 5.14 Å². The third-order valence-corrected chi connectivity index (χ3v) is 3.77. The van der Waals surface area contributed by atoms with Gasteiger partial charge in [-0.15, -0.1) is 0 Å². The van der Waals surface area contributed by atoms with E-state index in [0.29, 0.717) is 18.2 Å². The molecule has 23 heavy (non-hydrogen) atoms. The predicted octanol–water partition coefficient (Wildman–Crippen LogP) is 3.37. The molecule has 3 N–H and O–H groups in total. The minimum absolute atomic E-state index is 0.241. The molecule has 124 valence electrons. The summed E-state index contributed by atoms with van der Waals surface area (Å²) in [6.45, 7) is 0. The van der Waals surface area contributed by atoms with Crippen molar-refractivity contribution < 1.29 is 30.4 Å². The average Bonchev–Trinajstić information content (AvgIpc) is 2.40. The van der Waals surface area contributed by atoms with Crippen LogP contribution >= 0.6 is 0 Å². The number of rotatable bonds is 3. The molecule has 0 aliphatic rings. The summed E-state index contributed by atoms with van der Waals surface area (Å²) in [4.78, 5) is -1.10. The van der Waals surface area contributed by atoms with E-state index < -0.39 is 38.3 Å². The van der Waals surface area contributed by atoms with Crippen LogP contribution in [-0.4, -0.2) is 8.42 Å². The summed E-state index contributed by atoms with van der Waals surface area (Å²) in [7, 11) is -4.59. The highest BCUT2D eigenvalue weighted by Gasteiger charge is 2.36. The lowest BCUT2D eigenvalue weighted by atomic mass is 10.2. The molecule has 2 aromatic carbocycles. The Bertz CT molecular complexity index is 850. The minimum Gasteiger partial charge on any atom is -0.353 e. The molecule has 0 unspecified atom stereocenters. The summed E-state index contributed by atoms with van der Waals surface area (Å²) in [6, 6.07) is 4.56. The van der Waals surface area contributed by atoms with Crippen molar-refractivity contribution in [1.29, 1.82) is 0 Å². The van der Waals surface area contributed by atoms with Crippen LogP contribution in [0.4, 0.5) is 33.3 Å². The lowest BCUT2D eigenvalue weighted by Crippen LogP contribution is -2.19. The lowest BCUT2D eigenvalue weighted by molar-refractivity contribution is -0.139. The number of nitrogens with two attached hydrogens (primary N) is 1. The second-order valence-corrected chi connectivity index (χ2v) is 6.03. The number of benzene rings is 2. The van der Waals surface area contributed by atoms with E-state index in [2.05, 4.69) is 5.32 Å². The zero-order chi connectivity index (χ0) is 17.4. The number of alkyl halides is 3. The number of halogens is 5. The van der Waals surface area contributed by atoms with Crippen LogP contribution in [0.5, 0.6) is 0 Å². The summed E-state index contributed by atoms with van der Waals surface area (Å²) >= 11 is 0. The molecule has 0 saturated carbocycles. The highest BCUT2D eigenvalue weighted by Crippen LogP contribution is 2.36. The van der Waals surface area contributed by atoms with Gasteiger partial charge in [0, 0.05) is 11.8 Å². The zero-order valence-corrected chi connectivity index (χ0v) is 12.0. The SMILES string of the molecule is NS(=O)(=O)c1ccc(Nc2ccc(F)cc2F)cc1C(F)(F)F. The molecule has 0 aromatic heterocycles. The molecule has 4 nitrogen and oxygen atoms in total. The molecule has 0 aliphatic carbocycles. The van der Waals surface area contributed by atoms with Gasteiger partial charge in [-0.05, 0) is 30.3 Å². The molecule has 0 heterocycles. The van der Waals surface area contributed by atoms with Crippen molar-refractivity contribution in [2.45, 2.75) is 11.1 Å². The first-order valence-corrected chi connectivity index (χ1v) is 7.49. The van der Waals surface area contributed by atoms with Gasteiger partial charge >= 0.3 is 6.18 Å². The van der Waals surface area contributed by atoms with Gasteiger partial charge < -0.3 is 5.32 Å². The van der Waals surface area contributed by atoms with E-state index in [1.54, 1.807) is 0 Å². The molecule has 0 aliphatic heterocycles. The fourth-order valence-corrected chi connectivity index (χ4v) is 2.56. The van der Waals surface area contributed by atoms with Gasteiger partial charge in [0.25, 0.3) is 0 Å².